The normalized spacial score (nSPS) is 10.7. The van der Waals surface area contributed by atoms with Gasteiger partial charge in [0, 0.05) is 19.6 Å². The molecule has 4 heteroatoms. The zero-order chi connectivity index (χ0) is 14.1. The summed E-state index contributed by atoms with van der Waals surface area (Å²) in [7, 11) is 6.30. The molecule has 0 fully saturated rings. The molecule has 0 aliphatic heterocycles. The Bertz CT molecular complexity index is 395. The first-order valence-corrected chi connectivity index (χ1v) is 6.58. The summed E-state index contributed by atoms with van der Waals surface area (Å²) >= 11 is 0. The molecule has 0 saturated carbocycles. The van der Waals surface area contributed by atoms with Crippen LogP contribution in [-0.4, -0.2) is 57.2 Å². The van der Waals surface area contributed by atoms with Crippen LogP contribution in [0, 0.1) is 11.3 Å². The smallest absolute Gasteiger partial charge is 0.119 e. The van der Waals surface area contributed by atoms with E-state index in [4.69, 9.17) is 10.00 Å². The number of likely N-dealkylation sites (N-methyl/N-ethyl adjacent to an activating group) is 2. The fourth-order valence-corrected chi connectivity index (χ4v) is 1.63. The Hall–Kier alpha value is -1.57. The third kappa shape index (κ3) is 6.80. The van der Waals surface area contributed by atoms with Crippen molar-refractivity contribution in [1.29, 1.82) is 5.26 Å². The summed E-state index contributed by atoms with van der Waals surface area (Å²) in [4.78, 5) is 4.49. The molecule has 1 aromatic carbocycles. The lowest BCUT2D eigenvalue weighted by Crippen LogP contribution is -2.29. The summed E-state index contributed by atoms with van der Waals surface area (Å²) in [6.07, 6.45) is 1.00. The standard InChI is InChI=1S/C15H23N3O/c1-17(2)10-11-18(3)9-4-12-19-15-7-5-14(13-16)6-8-15/h5-8H,4,9-12H2,1-3H3. The molecule has 0 saturated heterocycles. The maximum atomic E-state index is 8.69. The van der Waals surface area contributed by atoms with Crippen LogP contribution in [0.5, 0.6) is 5.75 Å². The predicted molar refractivity (Wildman–Crippen MR) is 77.3 cm³/mol. The molecule has 0 unspecified atom stereocenters. The Morgan fingerprint density at radius 2 is 1.74 bits per heavy atom. The van der Waals surface area contributed by atoms with E-state index in [2.05, 4.69) is 37.0 Å². The van der Waals surface area contributed by atoms with Gasteiger partial charge in [0.25, 0.3) is 0 Å². The number of nitriles is 1. The Morgan fingerprint density at radius 1 is 1.05 bits per heavy atom. The van der Waals surface area contributed by atoms with Gasteiger partial charge >= 0.3 is 0 Å². The zero-order valence-corrected chi connectivity index (χ0v) is 12.1. The second-order valence-electron chi connectivity index (χ2n) is 4.94. The van der Waals surface area contributed by atoms with Crippen LogP contribution in [0.3, 0.4) is 0 Å². The van der Waals surface area contributed by atoms with Gasteiger partial charge in [0.05, 0.1) is 18.2 Å². The lowest BCUT2D eigenvalue weighted by Gasteiger charge is -2.19. The number of hydrogen-bond acceptors (Lipinski definition) is 4. The van der Waals surface area contributed by atoms with Crippen molar-refractivity contribution in [2.75, 3.05) is 47.4 Å². The fourth-order valence-electron chi connectivity index (χ4n) is 1.63. The second kappa shape index (κ2) is 8.52. The fraction of sp³-hybridized carbons (Fsp3) is 0.533. The van der Waals surface area contributed by atoms with E-state index in [1.54, 1.807) is 12.1 Å². The molecule has 0 heterocycles. The molecule has 19 heavy (non-hydrogen) atoms. The summed E-state index contributed by atoms with van der Waals surface area (Å²) in [5, 5.41) is 8.69. The van der Waals surface area contributed by atoms with Gasteiger partial charge in [-0.2, -0.15) is 5.26 Å². The number of ether oxygens (including phenoxy) is 1. The maximum absolute atomic E-state index is 8.69. The van der Waals surface area contributed by atoms with Gasteiger partial charge in [0.2, 0.25) is 0 Å². The third-order valence-corrected chi connectivity index (χ3v) is 2.87. The van der Waals surface area contributed by atoms with Crippen molar-refractivity contribution in [3.05, 3.63) is 29.8 Å². The lowest BCUT2D eigenvalue weighted by molar-refractivity contribution is 0.245. The van der Waals surface area contributed by atoms with Crippen molar-refractivity contribution in [3.63, 3.8) is 0 Å². The Balaban J connectivity index is 2.14. The number of benzene rings is 1. The minimum atomic E-state index is 0.663. The molecular weight excluding hydrogens is 238 g/mol. The van der Waals surface area contributed by atoms with Gasteiger partial charge in [-0.05, 0) is 51.8 Å². The molecule has 0 aromatic heterocycles. The van der Waals surface area contributed by atoms with Crippen LogP contribution < -0.4 is 4.74 Å². The molecule has 104 valence electrons. The van der Waals surface area contributed by atoms with Crippen LogP contribution >= 0.6 is 0 Å². The molecule has 1 aromatic rings. The van der Waals surface area contributed by atoms with E-state index < -0.39 is 0 Å². The average Bonchev–Trinajstić information content (AvgIpc) is 2.42. The topological polar surface area (TPSA) is 39.5 Å². The highest BCUT2D eigenvalue weighted by Crippen LogP contribution is 2.11. The highest BCUT2D eigenvalue weighted by atomic mass is 16.5. The van der Waals surface area contributed by atoms with Gasteiger partial charge in [-0.3, -0.25) is 0 Å². The van der Waals surface area contributed by atoms with Crippen LogP contribution in [0.25, 0.3) is 0 Å². The van der Waals surface area contributed by atoms with E-state index in [9.17, 15) is 0 Å². The summed E-state index contributed by atoms with van der Waals surface area (Å²) in [5.74, 6) is 0.829. The van der Waals surface area contributed by atoms with Crippen LogP contribution in [0.4, 0.5) is 0 Å². The van der Waals surface area contributed by atoms with Gasteiger partial charge in [0.1, 0.15) is 5.75 Å². The Morgan fingerprint density at radius 3 is 2.32 bits per heavy atom. The number of nitrogens with zero attached hydrogens (tertiary/aromatic N) is 3. The van der Waals surface area contributed by atoms with Gasteiger partial charge in [0.15, 0.2) is 0 Å². The lowest BCUT2D eigenvalue weighted by atomic mass is 10.2. The van der Waals surface area contributed by atoms with E-state index >= 15 is 0 Å². The van der Waals surface area contributed by atoms with E-state index in [1.165, 1.54) is 0 Å². The van der Waals surface area contributed by atoms with Crippen molar-refractivity contribution in [2.45, 2.75) is 6.42 Å². The monoisotopic (exact) mass is 261 g/mol. The molecule has 0 bridgehead atoms. The largest absolute Gasteiger partial charge is 0.494 e. The molecule has 0 atom stereocenters. The summed E-state index contributed by atoms with van der Waals surface area (Å²) in [6.45, 7) is 3.89. The van der Waals surface area contributed by atoms with E-state index in [0.29, 0.717) is 12.2 Å². The molecule has 1 rings (SSSR count). The third-order valence-electron chi connectivity index (χ3n) is 2.87. The van der Waals surface area contributed by atoms with Crippen LogP contribution in [-0.2, 0) is 0 Å². The average molecular weight is 261 g/mol. The van der Waals surface area contributed by atoms with Gasteiger partial charge in [-0.1, -0.05) is 0 Å². The Kier molecular flexibility index (Phi) is 6.94. The van der Waals surface area contributed by atoms with Crippen molar-refractivity contribution in [2.24, 2.45) is 0 Å². The molecule has 0 aliphatic rings. The zero-order valence-electron chi connectivity index (χ0n) is 12.1. The summed E-state index contributed by atoms with van der Waals surface area (Å²) in [5.41, 5.74) is 0.663. The first-order chi connectivity index (χ1) is 9.11. The van der Waals surface area contributed by atoms with Crippen molar-refractivity contribution in [1.82, 2.24) is 9.80 Å². The molecule has 0 spiro atoms. The minimum Gasteiger partial charge on any atom is -0.494 e. The second-order valence-corrected chi connectivity index (χ2v) is 4.94. The first-order valence-electron chi connectivity index (χ1n) is 6.58. The molecular formula is C15H23N3O. The van der Waals surface area contributed by atoms with Crippen molar-refractivity contribution < 1.29 is 4.74 Å². The highest BCUT2D eigenvalue weighted by Gasteiger charge is 2.00. The van der Waals surface area contributed by atoms with E-state index in [-0.39, 0.29) is 0 Å². The molecule has 4 nitrogen and oxygen atoms in total. The number of hydrogen-bond donors (Lipinski definition) is 0. The molecule has 0 amide bonds. The van der Waals surface area contributed by atoms with Gasteiger partial charge < -0.3 is 14.5 Å². The summed E-state index contributed by atoms with van der Waals surface area (Å²) < 4.78 is 5.63. The quantitative estimate of drug-likeness (QED) is 0.669. The summed E-state index contributed by atoms with van der Waals surface area (Å²) in [6, 6.07) is 9.33. The molecule has 0 radical (unpaired) electrons. The van der Waals surface area contributed by atoms with Crippen LogP contribution in [0.1, 0.15) is 12.0 Å². The van der Waals surface area contributed by atoms with Crippen molar-refractivity contribution >= 4 is 0 Å². The number of rotatable bonds is 8. The molecule has 0 N–H and O–H groups in total. The van der Waals surface area contributed by atoms with Gasteiger partial charge in [-0.25, -0.2) is 0 Å². The Labute approximate surface area is 116 Å². The van der Waals surface area contributed by atoms with Gasteiger partial charge in [-0.15, -0.1) is 0 Å². The van der Waals surface area contributed by atoms with Crippen LogP contribution in [0.2, 0.25) is 0 Å². The SMILES string of the molecule is CN(C)CCN(C)CCCOc1ccc(C#N)cc1. The maximum Gasteiger partial charge on any atom is 0.119 e. The minimum absolute atomic E-state index is 0.663. The molecule has 0 aliphatic carbocycles. The van der Waals surface area contributed by atoms with Crippen LogP contribution in [0.15, 0.2) is 24.3 Å². The van der Waals surface area contributed by atoms with E-state index in [1.807, 2.05) is 12.1 Å². The van der Waals surface area contributed by atoms with Crippen molar-refractivity contribution in [3.8, 4) is 11.8 Å². The highest BCUT2D eigenvalue weighted by molar-refractivity contribution is 5.34. The first kappa shape index (κ1) is 15.5. The van der Waals surface area contributed by atoms with E-state index in [0.717, 1.165) is 31.8 Å². The predicted octanol–water partition coefficient (Wildman–Crippen LogP) is 1.82.